The standard InChI is InChI=1S/C20H28N4O2/c1-26-17-7-10-24(11-8-17)20(25)12-15-4-2-3-5-18(15)23-19-6-9-22-14-16(19)13-21/h6,9,14-15,17-18H,2-5,7-8,10-12H2,1H3,(H,22,23)/t15-,18-/m0/s1. The lowest BCUT2D eigenvalue weighted by atomic mass is 9.81. The lowest BCUT2D eigenvalue weighted by Crippen LogP contribution is -2.43. The number of anilines is 1. The third kappa shape index (κ3) is 4.53. The summed E-state index contributed by atoms with van der Waals surface area (Å²) < 4.78 is 5.40. The summed E-state index contributed by atoms with van der Waals surface area (Å²) in [7, 11) is 1.75. The zero-order valence-corrected chi connectivity index (χ0v) is 15.5. The Morgan fingerprint density at radius 1 is 1.35 bits per heavy atom. The molecule has 3 rings (SSSR count). The zero-order valence-electron chi connectivity index (χ0n) is 15.5. The molecule has 1 saturated heterocycles. The molecule has 6 heteroatoms. The van der Waals surface area contributed by atoms with Crippen LogP contribution in [0.4, 0.5) is 5.69 Å². The molecule has 0 radical (unpaired) electrons. The van der Waals surface area contributed by atoms with E-state index in [0.717, 1.165) is 50.9 Å². The van der Waals surface area contributed by atoms with Gasteiger partial charge in [0.05, 0.1) is 17.4 Å². The van der Waals surface area contributed by atoms with Gasteiger partial charge in [0.1, 0.15) is 6.07 Å². The predicted molar refractivity (Wildman–Crippen MR) is 99.5 cm³/mol. The van der Waals surface area contributed by atoms with E-state index < -0.39 is 0 Å². The number of nitriles is 1. The van der Waals surface area contributed by atoms with Crippen molar-refractivity contribution in [2.75, 3.05) is 25.5 Å². The van der Waals surface area contributed by atoms with Crippen LogP contribution >= 0.6 is 0 Å². The summed E-state index contributed by atoms with van der Waals surface area (Å²) in [6.45, 7) is 1.59. The van der Waals surface area contributed by atoms with Crippen LogP contribution in [-0.2, 0) is 9.53 Å². The molecule has 140 valence electrons. The summed E-state index contributed by atoms with van der Waals surface area (Å²) >= 11 is 0. The van der Waals surface area contributed by atoms with Crippen molar-refractivity contribution in [2.45, 2.75) is 57.1 Å². The molecule has 0 spiro atoms. The highest BCUT2D eigenvalue weighted by Gasteiger charge is 2.30. The number of ether oxygens (including phenoxy) is 1. The SMILES string of the molecule is COC1CCN(C(=O)C[C@@H]2CCCC[C@@H]2Nc2ccncc2C#N)CC1. The molecule has 0 bridgehead atoms. The van der Waals surface area contributed by atoms with Crippen molar-refractivity contribution in [3.63, 3.8) is 0 Å². The predicted octanol–water partition coefficient (Wildman–Crippen LogP) is 2.95. The summed E-state index contributed by atoms with van der Waals surface area (Å²) in [4.78, 5) is 18.8. The van der Waals surface area contributed by atoms with Gasteiger partial charge >= 0.3 is 0 Å². The van der Waals surface area contributed by atoms with Gasteiger partial charge in [0.2, 0.25) is 5.91 Å². The van der Waals surface area contributed by atoms with Crippen LogP contribution in [0.3, 0.4) is 0 Å². The van der Waals surface area contributed by atoms with Gasteiger partial charge < -0.3 is 15.0 Å². The molecule has 6 nitrogen and oxygen atoms in total. The van der Waals surface area contributed by atoms with Crippen molar-refractivity contribution in [1.82, 2.24) is 9.88 Å². The molecule has 1 aliphatic carbocycles. The smallest absolute Gasteiger partial charge is 0.222 e. The molecular formula is C20H28N4O2. The molecule has 0 aromatic carbocycles. The van der Waals surface area contributed by atoms with E-state index in [2.05, 4.69) is 16.4 Å². The van der Waals surface area contributed by atoms with Crippen LogP contribution in [0.15, 0.2) is 18.5 Å². The minimum Gasteiger partial charge on any atom is -0.381 e. The summed E-state index contributed by atoms with van der Waals surface area (Å²) in [5.74, 6) is 0.574. The second-order valence-electron chi connectivity index (χ2n) is 7.35. The molecule has 1 aromatic heterocycles. The van der Waals surface area contributed by atoms with Gasteiger partial charge in [0.25, 0.3) is 0 Å². The molecule has 1 N–H and O–H groups in total. The largest absolute Gasteiger partial charge is 0.381 e. The van der Waals surface area contributed by atoms with Crippen LogP contribution in [-0.4, -0.2) is 48.1 Å². The Balaban J connectivity index is 1.60. The number of likely N-dealkylation sites (tertiary alicyclic amines) is 1. The maximum Gasteiger partial charge on any atom is 0.222 e. The Morgan fingerprint density at radius 2 is 2.12 bits per heavy atom. The maximum atomic E-state index is 12.8. The monoisotopic (exact) mass is 356 g/mol. The fourth-order valence-electron chi connectivity index (χ4n) is 4.15. The quantitative estimate of drug-likeness (QED) is 0.877. The molecule has 1 saturated carbocycles. The molecule has 0 unspecified atom stereocenters. The first-order valence-corrected chi connectivity index (χ1v) is 9.62. The van der Waals surface area contributed by atoms with Gasteiger partial charge in [-0.2, -0.15) is 5.26 Å². The van der Waals surface area contributed by atoms with E-state index in [-0.39, 0.29) is 11.9 Å². The van der Waals surface area contributed by atoms with Crippen molar-refractivity contribution >= 4 is 11.6 Å². The number of carbonyl (C=O) groups is 1. The van der Waals surface area contributed by atoms with Crippen LogP contribution in [0.2, 0.25) is 0 Å². The van der Waals surface area contributed by atoms with Gasteiger partial charge in [-0.1, -0.05) is 12.8 Å². The number of rotatable bonds is 5. The van der Waals surface area contributed by atoms with Crippen molar-refractivity contribution < 1.29 is 9.53 Å². The highest BCUT2D eigenvalue weighted by molar-refractivity contribution is 5.76. The van der Waals surface area contributed by atoms with E-state index in [9.17, 15) is 10.1 Å². The van der Waals surface area contributed by atoms with E-state index in [1.165, 1.54) is 6.42 Å². The lowest BCUT2D eigenvalue weighted by molar-refractivity contribution is -0.134. The van der Waals surface area contributed by atoms with Crippen molar-refractivity contribution in [1.29, 1.82) is 5.26 Å². The Labute approximate surface area is 155 Å². The number of aromatic nitrogens is 1. The highest BCUT2D eigenvalue weighted by atomic mass is 16.5. The van der Waals surface area contributed by atoms with Gasteiger partial charge in [-0.05, 0) is 37.7 Å². The van der Waals surface area contributed by atoms with E-state index in [1.807, 2.05) is 11.0 Å². The Kier molecular flexibility index (Phi) is 6.45. The number of piperidine rings is 1. The molecule has 26 heavy (non-hydrogen) atoms. The normalized spacial score (nSPS) is 24.1. The molecule has 2 aliphatic rings. The first kappa shape index (κ1) is 18.7. The molecule has 1 aliphatic heterocycles. The van der Waals surface area contributed by atoms with Gasteiger partial charge in [-0.15, -0.1) is 0 Å². The maximum absolute atomic E-state index is 12.8. The topological polar surface area (TPSA) is 78.2 Å². The third-order valence-corrected chi connectivity index (χ3v) is 5.76. The van der Waals surface area contributed by atoms with Crippen LogP contribution in [0.25, 0.3) is 0 Å². The number of amides is 1. The Hall–Kier alpha value is -2.13. The summed E-state index contributed by atoms with van der Waals surface area (Å²) in [6.07, 6.45) is 10.5. The molecule has 2 atom stereocenters. The molecule has 2 fully saturated rings. The summed E-state index contributed by atoms with van der Waals surface area (Å²) in [6, 6.07) is 4.27. The number of methoxy groups -OCH3 is 1. The summed E-state index contributed by atoms with van der Waals surface area (Å²) in [5.41, 5.74) is 1.39. The molecular weight excluding hydrogens is 328 g/mol. The first-order chi connectivity index (χ1) is 12.7. The lowest BCUT2D eigenvalue weighted by Gasteiger charge is -2.36. The number of carbonyl (C=O) groups excluding carboxylic acids is 1. The minimum absolute atomic E-state index is 0.235. The number of nitrogens with one attached hydrogen (secondary N) is 1. The molecule has 1 aromatic rings. The molecule has 1 amide bonds. The Morgan fingerprint density at radius 3 is 2.85 bits per heavy atom. The third-order valence-electron chi connectivity index (χ3n) is 5.76. The summed E-state index contributed by atoms with van der Waals surface area (Å²) in [5, 5.41) is 12.8. The van der Waals surface area contributed by atoms with E-state index in [1.54, 1.807) is 19.5 Å². The average Bonchev–Trinajstić information content (AvgIpc) is 2.70. The average molecular weight is 356 g/mol. The van der Waals surface area contributed by atoms with Crippen LogP contribution < -0.4 is 5.32 Å². The Bertz CT molecular complexity index is 649. The van der Waals surface area contributed by atoms with Crippen LogP contribution in [0.1, 0.15) is 50.5 Å². The second-order valence-corrected chi connectivity index (χ2v) is 7.35. The van der Waals surface area contributed by atoms with Gasteiger partial charge in [0, 0.05) is 45.1 Å². The highest BCUT2D eigenvalue weighted by Crippen LogP contribution is 2.31. The fraction of sp³-hybridized carbons (Fsp3) is 0.650. The van der Waals surface area contributed by atoms with E-state index >= 15 is 0 Å². The molecule has 2 heterocycles. The minimum atomic E-state index is 0.235. The van der Waals surface area contributed by atoms with Crippen molar-refractivity contribution in [3.8, 4) is 6.07 Å². The van der Waals surface area contributed by atoms with Crippen molar-refractivity contribution in [3.05, 3.63) is 24.0 Å². The van der Waals surface area contributed by atoms with Crippen LogP contribution in [0.5, 0.6) is 0 Å². The van der Waals surface area contributed by atoms with E-state index in [0.29, 0.717) is 24.0 Å². The number of hydrogen-bond donors (Lipinski definition) is 1. The van der Waals surface area contributed by atoms with Gasteiger partial charge in [-0.25, -0.2) is 0 Å². The van der Waals surface area contributed by atoms with Crippen LogP contribution in [0, 0.1) is 17.2 Å². The number of nitrogens with zero attached hydrogens (tertiary/aromatic N) is 3. The number of hydrogen-bond acceptors (Lipinski definition) is 5. The van der Waals surface area contributed by atoms with E-state index in [4.69, 9.17) is 4.74 Å². The zero-order chi connectivity index (χ0) is 18.4. The van der Waals surface area contributed by atoms with Crippen molar-refractivity contribution in [2.24, 2.45) is 5.92 Å². The first-order valence-electron chi connectivity index (χ1n) is 9.62. The van der Waals surface area contributed by atoms with Gasteiger partial charge in [0.15, 0.2) is 0 Å². The number of pyridine rings is 1. The second kappa shape index (κ2) is 9.00. The fourth-order valence-corrected chi connectivity index (χ4v) is 4.15. The van der Waals surface area contributed by atoms with Gasteiger partial charge in [-0.3, -0.25) is 9.78 Å².